The molecule has 0 aliphatic rings. The van der Waals surface area contributed by atoms with Gasteiger partial charge in [0.2, 0.25) is 0 Å². The number of hydrogen-bond acceptors (Lipinski definition) is 1. The number of halogens is 2. The molecule has 0 saturated heterocycles. The summed E-state index contributed by atoms with van der Waals surface area (Å²) in [7, 11) is -0.263. The van der Waals surface area contributed by atoms with Gasteiger partial charge in [-0.3, -0.25) is 0 Å². The van der Waals surface area contributed by atoms with Crippen molar-refractivity contribution in [3.05, 3.63) is 12.7 Å². The second-order valence-electron chi connectivity index (χ2n) is 2.25. The van der Waals surface area contributed by atoms with E-state index in [0.29, 0.717) is 6.61 Å². The molecule has 0 unspecified atom stereocenters. The van der Waals surface area contributed by atoms with E-state index < -0.39 is 0 Å². The summed E-state index contributed by atoms with van der Waals surface area (Å²) in [6, 6.07) is 1.16. The Morgan fingerprint density at radius 3 is 2.82 bits per heavy atom. The third-order valence-corrected chi connectivity index (χ3v) is 3.85. The molecule has 0 heterocycles. The SMILES string of the molecule is C=CCOCCC[SiH2]C(Cl)Cl. The van der Waals surface area contributed by atoms with Crippen LogP contribution < -0.4 is 0 Å². The molecule has 0 atom stereocenters. The first kappa shape index (κ1) is 11.5. The summed E-state index contributed by atoms with van der Waals surface area (Å²) in [5.41, 5.74) is 0. The maximum absolute atomic E-state index is 5.59. The smallest absolute Gasteiger partial charge is 0.0908 e. The Bertz CT molecular complexity index is 98.4. The number of alkyl halides is 2. The van der Waals surface area contributed by atoms with E-state index >= 15 is 0 Å². The first-order valence-corrected chi connectivity index (χ1v) is 6.43. The van der Waals surface area contributed by atoms with Crippen LogP contribution in [0.4, 0.5) is 0 Å². The minimum absolute atomic E-state index is 0.0885. The highest BCUT2D eigenvalue weighted by Gasteiger charge is 1.98. The molecular formula is C7H14Cl2OSi. The lowest BCUT2D eigenvalue weighted by molar-refractivity contribution is 0.163. The molecule has 0 amide bonds. The van der Waals surface area contributed by atoms with Gasteiger partial charge in [-0.1, -0.05) is 12.1 Å². The molecule has 0 rings (SSSR count). The molecule has 0 aromatic rings. The molecule has 0 fully saturated rings. The van der Waals surface area contributed by atoms with Crippen molar-refractivity contribution in [1.29, 1.82) is 0 Å². The maximum atomic E-state index is 5.59. The fourth-order valence-corrected chi connectivity index (χ4v) is 2.40. The Morgan fingerprint density at radius 2 is 2.27 bits per heavy atom. The van der Waals surface area contributed by atoms with Crippen LogP contribution >= 0.6 is 23.2 Å². The van der Waals surface area contributed by atoms with Gasteiger partial charge in [0.1, 0.15) is 0 Å². The molecule has 11 heavy (non-hydrogen) atoms. The van der Waals surface area contributed by atoms with E-state index in [1.165, 1.54) is 0 Å². The second-order valence-corrected chi connectivity index (χ2v) is 6.66. The zero-order valence-corrected chi connectivity index (χ0v) is 9.49. The van der Waals surface area contributed by atoms with Crippen LogP contribution in [0.25, 0.3) is 0 Å². The van der Waals surface area contributed by atoms with Crippen LogP contribution in [-0.4, -0.2) is 27.2 Å². The fourth-order valence-electron chi connectivity index (χ4n) is 0.669. The van der Waals surface area contributed by atoms with E-state index in [0.717, 1.165) is 19.1 Å². The van der Waals surface area contributed by atoms with E-state index in [2.05, 4.69) is 6.58 Å². The predicted molar refractivity (Wildman–Crippen MR) is 54.5 cm³/mol. The van der Waals surface area contributed by atoms with Gasteiger partial charge in [0.05, 0.1) is 20.6 Å². The van der Waals surface area contributed by atoms with Crippen LogP contribution in [0.2, 0.25) is 6.04 Å². The van der Waals surface area contributed by atoms with Gasteiger partial charge in [0.15, 0.2) is 0 Å². The van der Waals surface area contributed by atoms with Gasteiger partial charge >= 0.3 is 0 Å². The van der Waals surface area contributed by atoms with Gasteiger partial charge < -0.3 is 4.74 Å². The largest absolute Gasteiger partial charge is 0.377 e. The van der Waals surface area contributed by atoms with E-state index in [1.807, 2.05) is 0 Å². The standard InChI is InChI=1S/C7H14Cl2OSi/c1-2-4-10-5-3-6-11-7(8)9/h2,7H,1,3-6,11H2. The normalized spacial score (nSPS) is 11.5. The molecule has 0 aromatic heterocycles. The van der Waals surface area contributed by atoms with Gasteiger partial charge in [-0.15, -0.1) is 29.8 Å². The summed E-state index contributed by atoms with van der Waals surface area (Å²) in [6.07, 6.45) is 2.83. The van der Waals surface area contributed by atoms with E-state index in [4.69, 9.17) is 27.9 Å². The quantitative estimate of drug-likeness (QED) is 0.272. The topological polar surface area (TPSA) is 9.23 Å². The summed E-state index contributed by atoms with van der Waals surface area (Å²) < 4.78 is 5.09. The lowest BCUT2D eigenvalue weighted by atomic mass is 10.5. The molecule has 1 nitrogen and oxygen atoms in total. The lowest BCUT2D eigenvalue weighted by Gasteiger charge is -2.00. The van der Waals surface area contributed by atoms with Crippen molar-refractivity contribution < 1.29 is 4.74 Å². The van der Waals surface area contributed by atoms with Crippen LogP contribution in [0.5, 0.6) is 0 Å². The van der Waals surface area contributed by atoms with Crippen molar-refractivity contribution in [3.8, 4) is 0 Å². The number of hydrogen-bond donors (Lipinski definition) is 0. The molecule has 4 heteroatoms. The van der Waals surface area contributed by atoms with Gasteiger partial charge in [0.25, 0.3) is 0 Å². The van der Waals surface area contributed by atoms with E-state index in [1.54, 1.807) is 6.08 Å². The summed E-state index contributed by atoms with van der Waals surface area (Å²) in [5, 5.41) is 0. The first-order chi connectivity index (χ1) is 5.27. The van der Waals surface area contributed by atoms with Gasteiger partial charge in [0, 0.05) is 6.61 Å². The third kappa shape index (κ3) is 10.5. The van der Waals surface area contributed by atoms with Crippen molar-refractivity contribution in [2.75, 3.05) is 13.2 Å². The molecule has 0 aliphatic heterocycles. The number of rotatable bonds is 7. The van der Waals surface area contributed by atoms with Gasteiger partial charge in [-0.25, -0.2) is 0 Å². The van der Waals surface area contributed by atoms with Crippen molar-refractivity contribution >= 4 is 32.7 Å². The van der Waals surface area contributed by atoms with E-state index in [9.17, 15) is 0 Å². The highest BCUT2D eigenvalue weighted by molar-refractivity contribution is 6.68. The molecule has 0 N–H and O–H groups in total. The predicted octanol–water partition coefficient (Wildman–Crippen LogP) is 1.93. The lowest BCUT2D eigenvalue weighted by Crippen LogP contribution is -2.03. The zero-order chi connectivity index (χ0) is 8.53. The Morgan fingerprint density at radius 1 is 1.55 bits per heavy atom. The monoisotopic (exact) mass is 212 g/mol. The fraction of sp³-hybridized carbons (Fsp3) is 0.714. The second kappa shape index (κ2) is 8.59. The Hall–Kier alpha value is 0.497. The highest BCUT2D eigenvalue weighted by Crippen LogP contribution is 2.02. The van der Waals surface area contributed by atoms with Crippen molar-refractivity contribution in [2.45, 2.75) is 16.9 Å². The molecule has 66 valence electrons. The molecule has 0 spiro atoms. The zero-order valence-electron chi connectivity index (χ0n) is 6.56. The van der Waals surface area contributed by atoms with Crippen LogP contribution in [0.15, 0.2) is 12.7 Å². The minimum Gasteiger partial charge on any atom is -0.377 e. The Kier molecular flexibility index (Phi) is 8.98. The van der Waals surface area contributed by atoms with Crippen LogP contribution in [0, 0.1) is 0 Å². The van der Waals surface area contributed by atoms with Gasteiger partial charge in [-0.2, -0.15) is 0 Å². The van der Waals surface area contributed by atoms with Crippen molar-refractivity contribution in [3.63, 3.8) is 0 Å². The van der Waals surface area contributed by atoms with Crippen molar-refractivity contribution in [1.82, 2.24) is 0 Å². The first-order valence-electron chi connectivity index (χ1n) is 3.74. The Balaban J connectivity index is 2.85. The van der Waals surface area contributed by atoms with Crippen LogP contribution in [0.1, 0.15) is 6.42 Å². The van der Waals surface area contributed by atoms with Crippen LogP contribution in [0.3, 0.4) is 0 Å². The molecule has 0 bridgehead atoms. The average molecular weight is 213 g/mol. The van der Waals surface area contributed by atoms with Crippen molar-refractivity contribution in [2.24, 2.45) is 0 Å². The molecule has 0 saturated carbocycles. The summed E-state index contributed by atoms with van der Waals surface area (Å²) in [5.74, 6) is 0. The highest BCUT2D eigenvalue weighted by atomic mass is 35.5. The molecular weight excluding hydrogens is 199 g/mol. The molecule has 0 aliphatic carbocycles. The maximum Gasteiger partial charge on any atom is 0.0908 e. The summed E-state index contributed by atoms with van der Waals surface area (Å²) >= 11 is 11.2. The molecule has 0 aromatic carbocycles. The Labute approximate surface area is 80.5 Å². The minimum atomic E-state index is -0.263. The average Bonchev–Trinajstić information content (AvgIpc) is 1.96. The van der Waals surface area contributed by atoms with E-state index in [-0.39, 0.29) is 14.0 Å². The molecule has 0 radical (unpaired) electrons. The van der Waals surface area contributed by atoms with Crippen LogP contribution in [-0.2, 0) is 4.74 Å². The third-order valence-electron chi connectivity index (χ3n) is 1.20. The van der Waals surface area contributed by atoms with Gasteiger partial charge in [-0.05, 0) is 6.42 Å². The number of ether oxygens (including phenoxy) is 1. The summed E-state index contributed by atoms with van der Waals surface area (Å²) in [6.45, 7) is 5.00. The summed E-state index contributed by atoms with van der Waals surface area (Å²) in [4.78, 5) is 0.